The molecule has 2 aromatic carbocycles. The van der Waals surface area contributed by atoms with E-state index in [-0.39, 0.29) is 5.75 Å². The minimum absolute atomic E-state index is 0.0301. The second-order valence-electron chi connectivity index (χ2n) is 3.73. The van der Waals surface area contributed by atoms with E-state index in [9.17, 15) is 14.7 Å². The Hall–Kier alpha value is -2.62. The summed E-state index contributed by atoms with van der Waals surface area (Å²) in [5, 5.41) is 20.0. The number of carbonyl (C=O) groups is 2. The molecular formula is C14H10O4. The Morgan fingerprint density at radius 2 is 1.78 bits per heavy atom. The Kier molecular flexibility index (Phi) is 3.10. The number of phenols is 1. The summed E-state index contributed by atoms with van der Waals surface area (Å²) in [6, 6.07) is 10.7. The number of carbonyl (C=O) groups excluding carboxylic acids is 1. The van der Waals surface area contributed by atoms with Crippen LogP contribution >= 0.6 is 0 Å². The van der Waals surface area contributed by atoms with Crippen LogP contribution in [0, 0.1) is 0 Å². The molecule has 2 rings (SSSR count). The number of hydrogen-bond acceptors (Lipinski definition) is 3. The number of carboxylic acids is 1. The summed E-state index contributed by atoms with van der Waals surface area (Å²) in [7, 11) is 0. The van der Waals surface area contributed by atoms with Gasteiger partial charge < -0.3 is 10.2 Å². The number of ketones is 1. The molecule has 0 aliphatic carbocycles. The van der Waals surface area contributed by atoms with E-state index in [0.717, 1.165) is 11.5 Å². The van der Waals surface area contributed by atoms with Crippen molar-refractivity contribution in [1.82, 2.24) is 0 Å². The molecule has 0 fully saturated rings. The van der Waals surface area contributed by atoms with Crippen molar-refractivity contribution in [3.8, 4) is 5.75 Å². The molecule has 0 atom stereocenters. The highest BCUT2D eigenvalue weighted by Crippen LogP contribution is 2.29. The van der Waals surface area contributed by atoms with E-state index in [0.29, 0.717) is 10.9 Å². The largest absolute Gasteiger partial charge is 0.507 e. The van der Waals surface area contributed by atoms with Crippen molar-refractivity contribution >= 4 is 28.6 Å². The van der Waals surface area contributed by atoms with Gasteiger partial charge >= 0.3 is 5.97 Å². The molecule has 0 amide bonds. The van der Waals surface area contributed by atoms with Gasteiger partial charge in [0.1, 0.15) is 5.75 Å². The normalized spacial score (nSPS) is 10.9. The van der Waals surface area contributed by atoms with E-state index in [2.05, 4.69) is 0 Å². The van der Waals surface area contributed by atoms with Gasteiger partial charge in [0.25, 0.3) is 5.78 Å². The van der Waals surface area contributed by atoms with Crippen LogP contribution in [-0.2, 0) is 9.59 Å². The number of hydrogen-bond donors (Lipinski definition) is 2. The number of rotatable bonds is 3. The molecule has 4 nitrogen and oxygen atoms in total. The van der Waals surface area contributed by atoms with E-state index in [4.69, 9.17) is 5.11 Å². The quantitative estimate of drug-likeness (QED) is 0.639. The summed E-state index contributed by atoms with van der Waals surface area (Å²) in [5.74, 6) is -2.52. The smallest absolute Gasteiger partial charge is 0.376 e. The van der Waals surface area contributed by atoms with Crippen LogP contribution in [0.2, 0.25) is 0 Å². The van der Waals surface area contributed by atoms with Crippen LogP contribution in [0.1, 0.15) is 5.56 Å². The molecule has 0 radical (unpaired) electrons. The molecule has 0 aliphatic heterocycles. The average molecular weight is 242 g/mol. The zero-order valence-corrected chi connectivity index (χ0v) is 9.33. The van der Waals surface area contributed by atoms with Gasteiger partial charge in [-0.3, -0.25) is 4.79 Å². The zero-order valence-electron chi connectivity index (χ0n) is 9.33. The summed E-state index contributed by atoms with van der Waals surface area (Å²) < 4.78 is 0. The summed E-state index contributed by atoms with van der Waals surface area (Å²) in [6.07, 6.45) is 2.21. The van der Waals surface area contributed by atoms with Crippen molar-refractivity contribution in [3.63, 3.8) is 0 Å². The lowest BCUT2D eigenvalue weighted by molar-refractivity contribution is -0.146. The van der Waals surface area contributed by atoms with Crippen molar-refractivity contribution in [2.75, 3.05) is 0 Å². The molecule has 90 valence electrons. The number of aliphatic carboxylic acids is 1. The molecular weight excluding hydrogens is 232 g/mol. The summed E-state index contributed by atoms with van der Waals surface area (Å²) in [4.78, 5) is 21.3. The molecule has 2 aromatic rings. The third-order valence-electron chi connectivity index (χ3n) is 2.56. The first-order valence-corrected chi connectivity index (χ1v) is 5.25. The summed E-state index contributed by atoms with van der Waals surface area (Å²) in [5.41, 5.74) is 0.406. The van der Waals surface area contributed by atoms with Gasteiger partial charge in [0.2, 0.25) is 0 Å². The van der Waals surface area contributed by atoms with Gasteiger partial charge in [0.05, 0.1) is 0 Å². The van der Waals surface area contributed by atoms with Gasteiger partial charge in [-0.1, -0.05) is 36.4 Å². The minimum Gasteiger partial charge on any atom is -0.507 e. The van der Waals surface area contributed by atoms with Crippen molar-refractivity contribution < 1.29 is 19.8 Å². The molecule has 0 aliphatic rings. The molecule has 0 heterocycles. The molecule has 2 N–H and O–H groups in total. The van der Waals surface area contributed by atoms with Gasteiger partial charge in [-0.2, -0.15) is 0 Å². The van der Waals surface area contributed by atoms with Gasteiger partial charge in [-0.05, 0) is 17.5 Å². The fourth-order valence-corrected chi connectivity index (χ4v) is 1.64. The van der Waals surface area contributed by atoms with Crippen molar-refractivity contribution in [2.45, 2.75) is 0 Å². The van der Waals surface area contributed by atoms with E-state index in [1.54, 1.807) is 24.3 Å². The first-order chi connectivity index (χ1) is 8.59. The second kappa shape index (κ2) is 4.71. The van der Waals surface area contributed by atoms with Crippen LogP contribution in [0.15, 0.2) is 42.5 Å². The fraction of sp³-hybridized carbons (Fsp3) is 0. The Labute approximate surface area is 103 Å². The van der Waals surface area contributed by atoms with Gasteiger partial charge in [-0.25, -0.2) is 4.79 Å². The van der Waals surface area contributed by atoms with Crippen LogP contribution in [0.5, 0.6) is 5.75 Å². The molecule has 0 saturated carbocycles. The number of phenolic OH excluding ortho intramolecular Hbond substituents is 1. The minimum atomic E-state index is -1.52. The summed E-state index contributed by atoms with van der Waals surface area (Å²) >= 11 is 0. The van der Waals surface area contributed by atoms with Gasteiger partial charge in [0.15, 0.2) is 0 Å². The molecule has 0 saturated heterocycles. The molecule has 0 bridgehead atoms. The number of aromatic hydroxyl groups is 1. The van der Waals surface area contributed by atoms with E-state index in [1.165, 1.54) is 6.08 Å². The SMILES string of the molecule is O=C(O)C(=O)/C=C/c1ccc2ccccc2c1O. The molecule has 0 spiro atoms. The lowest BCUT2D eigenvalue weighted by atomic mass is 10.0. The Balaban J connectivity index is 2.44. The predicted octanol–water partition coefficient (Wildman–Crippen LogP) is 2.21. The van der Waals surface area contributed by atoms with E-state index < -0.39 is 11.8 Å². The van der Waals surface area contributed by atoms with Crippen LogP contribution in [-0.4, -0.2) is 22.0 Å². The summed E-state index contributed by atoms with van der Waals surface area (Å²) in [6.45, 7) is 0. The van der Waals surface area contributed by atoms with E-state index in [1.807, 2.05) is 12.1 Å². The average Bonchev–Trinajstić information content (AvgIpc) is 2.38. The van der Waals surface area contributed by atoms with Crippen LogP contribution in [0.25, 0.3) is 16.8 Å². The molecule has 4 heteroatoms. The van der Waals surface area contributed by atoms with Crippen molar-refractivity contribution in [3.05, 3.63) is 48.0 Å². The van der Waals surface area contributed by atoms with Gasteiger partial charge in [-0.15, -0.1) is 0 Å². The topological polar surface area (TPSA) is 74.6 Å². The Morgan fingerprint density at radius 1 is 1.06 bits per heavy atom. The van der Waals surface area contributed by atoms with Crippen LogP contribution < -0.4 is 0 Å². The monoisotopic (exact) mass is 242 g/mol. The Bertz CT molecular complexity index is 656. The third kappa shape index (κ3) is 2.22. The van der Waals surface area contributed by atoms with Crippen LogP contribution in [0.3, 0.4) is 0 Å². The lowest BCUT2D eigenvalue weighted by Gasteiger charge is -2.03. The molecule has 0 aromatic heterocycles. The highest BCUT2D eigenvalue weighted by Gasteiger charge is 2.07. The first kappa shape index (κ1) is 11.9. The number of benzene rings is 2. The highest BCUT2D eigenvalue weighted by molar-refractivity contribution is 6.38. The zero-order chi connectivity index (χ0) is 13.1. The third-order valence-corrected chi connectivity index (χ3v) is 2.56. The maximum atomic E-state index is 10.9. The highest BCUT2D eigenvalue weighted by atomic mass is 16.4. The standard InChI is InChI=1S/C14H10O4/c15-12(14(17)18)8-7-10-6-5-9-3-1-2-4-11(9)13(10)16/h1-8,16H,(H,17,18)/b8-7+. The maximum Gasteiger partial charge on any atom is 0.376 e. The van der Waals surface area contributed by atoms with Crippen molar-refractivity contribution in [1.29, 1.82) is 0 Å². The second-order valence-corrected chi connectivity index (χ2v) is 3.73. The van der Waals surface area contributed by atoms with E-state index >= 15 is 0 Å². The van der Waals surface area contributed by atoms with Gasteiger partial charge in [0, 0.05) is 10.9 Å². The molecule has 18 heavy (non-hydrogen) atoms. The maximum absolute atomic E-state index is 10.9. The number of carboxylic acid groups (broad SMARTS) is 1. The number of fused-ring (bicyclic) bond motifs is 1. The van der Waals surface area contributed by atoms with Crippen molar-refractivity contribution in [2.24, 2.45) is 0 Å². The first-order valence-electron chi connectivity index (χ1n) is 5.25. The predicted molar refractivity (Wildman–Crippen MR) is 67.3 cm³/mol. The Morgan fingerprint density at radius 3 is 2.50 bits per heavy atom. The fourth-order valence-electron chi connectivity index (χ4n) is 1.64. The van der Waals surface area contributed by atoms with Crippen LogP contribution in [0.4, 0.5) is 0 Å². The molecule has 0 unspecified atom stereocenters. The lowest BCUT2D eigenvalue weighted by Crippen LogP contribution is -2.08.